The number of thiazole rings is 1. The highest BCUT2D eigenvalue weighted by atomic mass is 32.1. The highest BCUT2D eigenvalue weighted by Gasteiger charge is 2.29. The fourth-order valence-corrected chi connectivity index (χ4v) is 4.11. The smallest absolute Gasteiger partial charge is 0.228 e. The summed E-state index contributed by atoms with van der Waals surface area (Å²) in [5.41, 5.74) is 9.27. The Morgan fingerprint density at radius 1 is 1.38 bits per heavy atom. The number of aromatic nitrogens is 1. The molecule has 1 aliphatic heterocycles. The molecule has 0 bridgehead atoms. The summed E-state index contributed by atoms with van der Waals surface area (Å²) in [4.78, 5) is 19.3. The molecule has 1 aromatic carbocycles. The lowest BCUT2D eigenvalue weighted by atomic mass is 9.96. The molecule has 1 fully saturated rings. The summed E-state index contributed by atoms with van der Waals surface area (Å²) in [6, 6.07) is 8.52. The third-order valence-corrected chi connectivity index (χ3v) is 5.60. The third kappa shape index (κ3) is 3.84. The number of carbonyl (C=O) groups excluding carboxylic acids is 1. The number of piperidine rings is 1. The Bertz CT molecular complexity index is 693. The highest BCUT2D eigenvalue weighted by Crippen LogP contribution is 2.25. The van der Waals surface area contributed by atoms with E-state index < -0.39 is 0 Å². The molecule has 24 heavy (non-hydrogen) atoms. The first kappa shape index (κ1) is 17.1. The molecule has 0 radical (unpaired) electrons. The molecule has 2 atom stereocenters. The Balaban J connectivity index is 1.69. The zero-order chi connectivity index (χ0) is 17.1. The first-order chi connectivity index (χ1) is 11.5. The van der Waals surface area contributed by atoms with Gasteiger partial charge in [-0.05, 0) is 33.1 Å². The molecule has 4 nitrogen and oxygen atoms in total. The lowest BCUT2D eigenvalue weighted by Crippen LogP contribution is -2.52. The number of nitrogens with two attached hydrogens (primary N) is 1. The second-order valence-electron chi connectivity index (χ2n) is 6.70. The highest BCUT2D eigenvalue weighted by molar-refractivity contribution is 7.13. The van der Waals surface area contributed by atoms with Crippen molar-refractivity contribution in [3.8, 4) is 10.6 Å². The molecule has 2 N–H and O–H groups in total. The Kier molecular flexibility index (Phi) is 5.31. The minimum absolute atomic E-state index is 0.0211. The summed E-state index contributed by atoms with van der Waals surface area (Å²) in [5, 5.41) is 2.97. The standard InChI is InChI=1S/C19H25N3OS/c1-13-6-8-15(9-7-13)19-21-16(12-24-19)11-18(23)22-10-4-3-5-17(22)14(2)20/h6-9,12,14,17H,3-5,10-11,20H2,1-2H3. The molecule has 0 spiro atoms. The van der Waals surface area contributed by atoms with E-state index >= 15 is 0 Å². The third-order valence-electron chi connectivity index (χ3n) is 4.66. The van der Waals surface area contributed by atoms with Crippen LogP contribution in [0.5, 0.6) is 0 Å². The van der Waals surface area contributed by atoms with E-state index in [-0.39, 0.29) is 18.0 Å². The molecule has 5 heteroatoms. The van der Waals surface area contributed by atoms with Gasteiger partial charge in [0.2, 0.25) is 5.91 Å². The van der Waals surface area contributed by atoms with Crippen molar-refractivity contribution in [2.75, 3.05) is 6.54 Å². The lowest BCUT2D eigenvalue weighted by Gasteiger charge is -2.38. The predicted molar refractivity (Wildman–Crippen MR) is 99.0 cm³/mol. The van der Waals surface area contributed by atoms with Gasteiger partial charge in [0.25, 0.3) is 0 Å². The van der Waals surface area contributed by atoms with Crippen LogP contribution < -0.4 is 5.73 Å². The van der Waals surface area contributed by atoms with E-state index in [1.165, 1.54) is 5.56 Å². The minimum Gasteiger partial charge on any atom is -0.338 e. The maximum absolute atomic E-state index is 12.7. The normalized spacial score (nSPS) is 19.3. The SMILES string of the molecule is Cc1ccc(-c2nc(CC(=O)N3CCCCC3C(C)N)cs2)cc1. The van der Waals surface area contributed by atoms with Crippen LogP contribution in [0.3, 0.4) is 0 Å². The predicted octanol–water partition coefficient (Wildman–Crippen LogP) is 3.39. The molecule has 2 heterocycles. The van der Waals surface area contributed by atoms with Crippen molar-refractivity contribution in [3.05, 3.63) is 40.9 Å². The van der Waals surface area contributed by atoms with Crippen LogP contribution in [0.15, 0.2) is 29.6 Å². The number of aryl methyl sites for hydroxylation is 1. The summed E-state index contributed by atoms with van der Waals surface area (Å²) >= 11 is 1.60. The van der Waals surface area contributed by atoms with E-state index in [1.54, 1.807) is 11.3 Å². The van der Waals surface area contributed by atoms with E-state index in [0.717, 1.165) is 42.1 Å². The van der Waals surface area contributed by atoms with Crippen molar-refractivity contribution in [2.45, 2.75) is 51.6 Å². The molecular weight excluding hydrogens is 318 g/mol. The quantitative estimate of drug-likeness (QED) is 0.926. The van der Waals surface area contributed by atoms with E-state index in [1.807, 2.05) is 17.2 Å². The zero-order valence-corrected chi connectivity index (χ0v) is 15.2. The summed E-state index contributed by atoms with van der Waals surface area (Å²) in [6.07, 6.45) is 3.60. The molecule has 2 unspecified atom stereocenters. The largest absolute Gasteiger partial charge is 0.338 e. The van der Waals surface area contributed by atoms with Crippen molar-refractivity contribution < 1.29 is 4.79 Å². The van der Waals surface area contributed by atoms with E-state index in [2.05, 4.69) is 36.2 Å². The fraction of sp³-hybridized carbons (Fsp3) is 0.474. The van der Waals surface area contributed by atoms with Crippen LogP contribution >= 0.6 is 11.3 Å². The lowest BCUT2D eigenvalue weighted by molar-refractivity contribution is -0.134. The molecular formula is C19H25N3OS. The van der Waals surface area contributed by atoms with Gasteiger partial charge in [0.1, 0.15) is 5.01 Å². The van der Waals surface area contributed by atoms with Crippen molar-refractivity contribution in [3.63, 3.8) is 0 Å². The number of hydrogen-bond acceptors (Lipinski definition) is 4. The topological polar surface area (TPSA) is 59.2 Å². The molecule has 3 rings (SSSR count). The number of carbonyl (C=O) groups is 1. The van der Waals surface area contributed by atoms with Crippen molar-refractivity contribution in [2.24, 2.45) is 5.73 Å². The van der Waals surface area contributed by atoms with Crippen LogP contribution in [0.1, 0.15) is 37.4 Å². The number of hydrogen-bond donors (Lipinski definition) is 1. The molecule has 128 valence electrons. The van der Waals surface area contributed by atoms with Crippen LogP contribution in [0.4, 0.5) is 0 Å². The number of nitrogens with zero attached hydrogens (tertiary/aromatic N) is 2. The van der Waals surface area contributed by atoms with E-state index in [0.29, 0.717) is 6.42 Å². The van der Waals surface area contributed by atoms with E-state index in [4.69, 9.17) is 5.73 Å². The zero-order valence-electron chi connectivity index (χ0n) is 14.4. The molecule has 1 amide bonds. The second kappa shape index (κ2) is 7.45. The van der Waals surface area contributed by atoms with E-state index in [9.17, 15) is 4.79 Å². The Morgan fingerprint density at radius 2 is 2.12 bits per heavy atom. The minimum atomic E-state index is 0.0211. The van der Waals surface area contributed by atoms with Gasteiger partial charge in [-0.3, -0.25) is 4.79 Å². The van der Waals surface area contributed by atoms with Crippen LogP contribution in [-0.4, -0.2) is 34.4 Å². The Morgan fingerprint density at radius 3 is 2.83 bits per heavy atom. The van der Waals surface area contributed by atoms with Crippen LogP contribution in [0, 0.1) is 6.92 Å². The number of amides is 1. The van der Waals surface area contributed by atoms with Crippen molar-refractivity contribution in [1.29, 1.82) is 0 Å². The van der Waals surface area contributed by atoms with Gasteiger partial charge in [0, 0.05) is 29.6 Å². The summed E-state index contributed by atoms with van der Waals surface area (Å²) in [7, 11) is 0. The second-order valence-corrected chi connectivity index (χ2v) is 7.55. The summed E-state index contributed by atoms with van der Waals surface area (Å²) in [6.45, 7) is 4.89. The molecule has 1 aromatic heterocycles. The van der Waals surface area contributed by atoms with Crippen molar-refractivity contribution in [1.82, 2.24) is 9.88 Å². The molecule has 0 aliphatic carbocycles. The van der Waals surface area contributed by atoms with Gasteiger partial charge >= 0.3 is 0 Å². The fourth-order valence-electron chi connectivity index (χ4n) is 3.29. The van der Waals surface area contributed by atoms with Gasteiger partial charge in [-0.15, -0.1) is 11.3 Å². The average molecular weight is 343 g/mol. The summed E-state index contributed by atoms with van der Waals surface area (Å²) < 4.78 is 0. The molecule has 1 saturated heterocycles. The van der Waals surface area contributed by atoms with Gasteiger partial charge in [-0.1, -0.05) is 29.8 Å². The van der Waals surface area contributed by atoms with Gasteiger partial charge in [0.05, 0.1) is 12.1 Å². The maximum Gasteiger partial charge on any atom is 0.228 e. The van der Waals surface area contributed by atoms with Crippen molar-refractivity contribution >= 4 is 17.2 Å². The van der Waals surface area contributed by atoms with Crippen LogP contribution in [0.2, 0.25) is 0 Å². The number of rotatable bonds is 4. The summed E-state index contributed by atoms with van der Waals surface area (Å²) in [5.74, 6) is 0.151. The molecule has 1 aliphatic rings. The van der Waals surface area contributed by atoms with Crippen LogP contribution in [0.25, 0.3) is 10.6 Å². The average Bonchev–Trinajstić information content (AvgIpc) is 3.04. The van der Waals surface area contributed by atoms with Gasteiger partial charge in [-0.2, -0.15) is 0 Å². The van der Waals surface area contributed by atoms with Gasteiger partial charge in [-0.25, -0.2) is 4.98 Å². The first-order valence-corrected chi connectivity index (χ1v) is 9.49. The molecule has 2 aromatic rings. The van der Waals surface area contributed by atoms with Gasteiger partial charge < -0.3 is 10.6 Å². The number of likely N-dealkylation sites (tertiary alicyclic amines) is 1. The number of benzene rings is 1. The Hall–Kier alpha value is -1.72. The van der Waals surface area contributed by atoms with Crippen LogP contribution in [-0.2, 0) is 11.2 Å². The van der Waals surface area contributed by atoms with Gasteiger partial charge in [0.15, 0.2) is 0 Å². The maximum atomic E-state index is 12.7. The Labute approximate surface area is 147 Å². The molecule has 0 saturated carbocycles. The first-order valence-electron chi connectivity index (χ1n) is 8.61. The monoisotopic (exact) mass is 343 g/mol.